The molecule has 2 aliphatic rings. The van der Waals surface area contributed by atoms with Gasteiger partial charge < -0.3 is 20.3 Å². The average molecular weight is 297 g/mol. The second kappa shape index (κ2) is 8.22. The summed E-state index contributed by atoms with van der Waals surface area (Å²) in [6.07, 6.45) is 4.53. The van der Waals surface area contributed by atoms with Crippen LogP contribution in [0, 0.1) is 5.92 Å². The van der Waals surface area contributed by atoms with Crippen LogP contribution in [0.15, 0.2) is 0 Å². The third-order valence-corrected chi connectivity index (χ3v) is 4.24. The second-order valence-corrected chi connectivity index (χ2v) is 5.79. The highest BCUT2D eigenvalue weighted by Gasteiger charge is 2.38. The van der Waals surface area contributed by atoms with Crippen LogP contribution >= 0.6 is 0 Å². The van der Waals surface area contributed by atoms with Crippen molar-refractivity contribution < 1.29 is 14.3 Å². The lowest BCUT2D eigenvalue weighted by Crippen LogP contribution is -2.51. The zero-order chi connectivity index (χ0) is 15.1. The number of amides is 3. The molecule has 120 valence electrons. The minimum absolute atomic E-state index is 0.0277. The van der Waals surface area contributed by atoms with Crippen LogP contribution in [0.2, 0.25) is 0 Å². The maximum atomic E-state index is 12.4. The van der Waals surface area contributed by atoms with E-state index in [4.69, 9.17) is 4.74 Å². The van der Waals surface area contributed by atoms with Gasteiger partial charge in [-0.25, -0.2) is 4.79 Å². The quantitative estimate of drug-likeness (QED) is 0.802. The Bertz CT molecular complexity index is 362. The van der Waals surface area contributed by atoms with Crippen LogP contribution < -0.4 is 10.6 Å². The molecule has 0 unspecified atom stereocenters. The van der Waals surface area contributed by atoms with Crippen LogP contribution in [0.4, 0.5) is 4.79 Å². The number of nitrogens with zero attached hydrogens (tertiary/aromatic N) is 1. The molecule has 1 heterocycles. The summed E-state index contributed by atoms with van der Waals surface area (Å²) in [6.45, 7) is 5.10. The predicted octanol–water partition coefficient (Wildman–Crippen LogP) is 1.11. The highest BCUT2D eigenvalue weighted by molar-refractivity contribution is 5.81. The van der Waals surface area contributed by atoms with Crippen LogP contribution in [0.5, 0.6) is 0 Å². The van der Waals surface area contributed by atoms with Gasteiger partial charge in [0.25, 0.3) is 0 Å². The highest BCUT2D eigenvalue weighted by atomic mass is 16.5. The van der Waals surface area contributed by atoms with Crippen molar-refractivity contribution in [1.82, 2.24) is 15.5 Å². The third-order valence-electron chi connectivity index (χ3n) is 4.24. The lowest BCUT2D eigenvalue weighted by atomic mass is 10.0. The largest absolute Gasteiger partial charge is 0.380 e. The minimum atomic E-state index is -0.0736. The molecule has 0 radical (unpaired) electrons. The Labute approximate surface area is 126 Å². The van der Waals surface area contributed by atoms with Gasteiger partial charge in [-0.15, -0.1) is 0 Å². The van der Waals surface area contributed by atoms with Crippen molar-refractivity contribution in [3.05, 3.63) is 0 Å². The molecular weight excluding hydrogens is 270 g/mol. The fourth-order valence-corrected chi connectivity index (χ4v) is 3.19. The molecule has 21 heavy (non-hydrogen) atoms. The van der Waals surface area contributed by atoms with Gasteiger partial charge in [0.2, 0.25) is 5.91 Å². The Kier molecular flexibility index (Phi) is 6.29. The van der Waals surface area contributed by atoms with E-state index < -0.39 is 0 Å². The monoisotopic (exact) mass is 297 g/mol. The van der Waals surface area contributed by atoms with Gasteiger partial charge in [0.05, 0.1) is 12.5 Å². The molecule has 2 N–H and O–H groups in total. The molecule has 0 aromatic carbocycles. The van der Waals surface area contributed by atoms with E-state index in [9.17, 15) is 9.59 Å². The maximum absolute atomic E-state index is 12.4. The van der Waals surface area contributed by atoms with E-state index in [0.717, 1.165) is 32.1 Å². The first kappa shape index (κ1) is 16.1. The second-order valence-electron chi connectivity index (χ2n) is 5.79. The lowest BCUT2D eigenvalue weighted by Gasteiger charge is -2.32. The number of nitrogens with one attached hydrogen (secondary N) is 2. The number of urea groups is 1. The molecule has 3 amide bonds. The van der Waals surface area contributed by atoms with Gasteiger partial charge in [0.15, 0.2) is 0 Å². The molecule has 1 aliphatic carbocycles. The molecule has 1 saturated carbocycles. The first-order valence-corrected chi connectivity index (χ1v) is 8.14. The molecule has 0 aromatic heterocycles. The zero-order valence-electron chi connectivity index (χ0n) is 12.9. The molecule has 6 nitrogen and oxygen atoms in total. The minimum Gasteiger partial charge on any atom is -0.380 e. The fourth-order valence-electron chi connectivity index (χ4n) is 3.19. The number of fused-ring (bicyclic) bond motifs is 1. The van der Waals surface area contributed by atoms with E-state index in [2.05, 4.69) is 10.6 Å². The first-order chi connectivity index (χ1) is 10.2. The topological polar surface area (TPSA) is 70.7 Å². The molecule has 1 saturated heterocycles. The normalized spacial score (nSPS) is 27.5. The number of hydrogen-bond donors (Lipinski definition) is 2. The van der Waals surface area contributed by atoms with E-state index in [0.29, 0.717) is 32.8 Å². The average Bonchev–Trinajstić information content (AvgIpc) is 2.95. The number of ether oxygens (including phenoxy) is 1. The van der Waals surface area contributed by atoms with Crippen molar-refractivity contribution in [3.63, 3.8) is 0 Å². The number of hydrogen-bond acceptors (Lipinski definition) is 3. The van der Waals surface area contributed by atoms with Gasteiger partial charge in [0, 0.05) is 32.3 Å². The fraction of sp³-hybridized carbons (Fsp3) is 0.867. The molecule has 0 aromatic rings. The van der Waals surface area contributed by atoms with Crippen molar-refractivity contribution >= 4 is 11.9 Å². The smallest absolute Gasteiger partial charge is 0.317 e. The summed E-state index contributed by atoms with van der Waals surface area (Å²) in [5, 5.41) is 5.88. The van der Waals surface area contributed by atoms with Crippen molar-refractivity contribution in [2.75, 3.05) is 32.8 Å². The van der Waals surface area contributed by atoms with Crippen LogP contribution in [0.25, 0.3) is 0 Å². The third kappa shape index (κ3) is 4.33. The molecule has 2 rings (SSSR count). The van der Waals surface area contributed by atoms with E-state index in [1.165, 1.54) is 0 Å². The van der Waals surface area contributed by atoms with Crippen molar-refractivity contribution in [2.45, 2.75) is 45.1 Å². The van der Waals surface area contributed by atoms with Crippen LogP contribution in [-0.2, 0) is 9.53 Å². The van der Waals surface area contributed by atoms with E-state index in [1.807, 2.05) is 11.8 Å². The van der Waals surface area contributed by atoms with E-state index in [1.54, 1.807) is 0 Å². The Hall–Kier alpha value is -1.30. The van der Waals surface area contributed by atoms with Gasteiger partial charge in [0.1, 0.15) is 0 Å². The van der Waals surface area contributed by atoms with Gasteiger partial charge in [-0.05, 0) is 25.7 Å². The molecule has 2 atom stereocenters. The SMILES string of the molecule is CCCNC(=O)N1CCCOCCNC(=O)[C@@H]2CCC[C@@H]21. The summed E-state index contributed by atoms with van der Waals surface area (Å²) in [4.78, 5) is 26.5. The van der Waals surface area contributed by atoms with Crippen molar-refractivity contribution in [2.24, 2.45) is 5.92 Å². The van der Waals surface area contributed by atoms with E-state index >= 15 is 0 Å². The van der Waals surface area contributed by atoms with Crippen molar-refractivity contribution in [3.8, 4) is 0 Å². The summed E-state index contributed by atoms with van der Waals surface area (Å²) >= 11 is 0. The van der Waals surface area contributed by atoms with Gasteiger partial charge >= 0.3 is 6.03 Å². The van der Waals surface area contributed by atoms with E-state index in [-0.39, 0.29) is 23.9 Å². The van der Waals surface area contributed by atoms with Crippen LogP contribution in [-0.4, -0.2) is 55.7 Å². The molecular formula is C15H27N3O3. The summed E-state index contributed by atoms with van der Waals surface area (Å²) in [5.74, 6) is -0.00762. The summed E-state index contributed by atoms with van der Waals surface area (Å²) in [5.41, 5.74) is 0. The Morgan fingerprint density at radius 1 is 1.38 bits per heavy atom. The van der Waals surface area contributed by atoms with Gasteiger partial charge in [-0.1, -0.05) is 13.3 Å². The predicted molar refractivity (Wildman–Crippen MR) is 80.0 cm³/mol. The van der Waals surface area contributed by atoms with Gasteiger partial charge in [-0.2, -0.15) is 0 Å². The van der Waals surface area contributed by atoms with Gasteiger partial charge in [-0.3, -0.25) is 4.79 Å². The molecule has 0 bridgehead atoms. The highest BCUT2D eigenvalue weighted by Crippen LogP contribution is 2.30. The Morgan fingerprint density at radius 3 is 3.05 bits per heavy atom. The first-order valence-electron chi connectivity index (χ1n) is 8.14. The molecule has 2 fully saturated rings. The number of rotatable bonds is 2. The number of carbonyl (C=O) groups excluding carboxylic acids is 2. The summed E-state index contributed by atoms with van der Waals surface area (Å²) < 4.78 is 5.47. The number of carbonyl (C=O) groups is 2. The maximum Gasteiger partial charge on any atom is 0.317 e. The molecule has 0 spiro atoms. The zero-order valence-corrected chi connectivity index (χ0v) is 12.9. The van der Waals surface area contributed by atoms with Crippen LogP contribution in [0.1, 0.15) is 39.0 Å². The van der Waals surface area contributed by atoms with Crippen LogP contribution in [0.3, 0.4) is 0 Å². The summed E-state index contributed by atoms with van der Waals surface area (Å²) in [6, 6.07) is -0.0132. The molecule has 6 heteroatoms. The molecule has 1 aliphatic heterocycles. The summed E-state index contributed by atoms with van der Waals surface area (Å²) in [7, 11) is 0. The van der Waals surface area contributed by atoms with Crippen molar-refractivity contribution in [1.29, 1.82) is 0 Å². The Morgan fingerprint density at radius 2 is 2.24 bits per heavy atom. The lowest BCUT2D eigenvalue weighted by molar-refractivity contribution is -0.126. The Balaban J connectivity index is 2.09. The standard InChI is InChI=1S/C15H27N3O3/c1-2-7-17-15(20)18-9-4-10-21-11-8-16-14(19)12-5-3-6-13(12)18/h12-13H,2-11H2,1H3,(H,16,19)(H,17,20)/t12-,13+/m1/s1.